The minimum absolute atomic E-state index is 0.178. The molecule has 34 heavy (non-hydrogen) atoms. The number of nitrogens with two attached hydrogens (primary N) is 1. The van der Waals surface area contributed by atoms with Gasteiger partial charge in [-0.1, -0.05) is 37.1 Å². The molecule has 4 rings (SSSR count). The second-order valence-corrected chi connectivity index (χ2v) is 8.94. The van der Waals surface area contributed by atoms with Gasteiger partial charge in [-0.3, -0.25) is 14.3 Å². The fraction of sp³-hybridized carbons (Fsp3) is 0.292. The molecule has 0 saturated carbocycles. The molecule has 1 atom stereocenters. The van der Waals surface area contributed by atoms with Gasteiger partial charge in [0.15, 0.2) is 0 Å². The van der Waals surface area contributed by atoms with Crippen molar-refractivity contribution in [2.24, 2.45) is 12.8 Å². The molecular weight excluding hydrogens is 450 g/mol. The number of aryl methyl sites for hydroxylation is 1. The predicted molar refractivity (Wildman–Crippen MR) is 131 cm³/mol. The summed E-state index contributed by atoms with van der Waals surface area (Å²) in [7, 11) is 1.89. The Hall–Kier alpha value is -3.79. The van der Waals surface area contributed by atoms with E-state index in [0.29, 0.717) is 23.5 Å². The summed E-state index contributed by atoms with van der Waals surface area (Å²) in [6, 6.07) is 11.5. The Morgan fingerprint density at radius 2 is 1.91 bits per heavy atom. The monoisotopic (exact) mass is 477 g/mol. The third-order valence-electron chi connectivity index (χ3n) is 5.51. The van der Waals surface area contributed by atoms with Crippen molar-refractivity contribution in [3.8, 4) is 22.5 Å². The van der Waals surface area contributed by atoms with Gasteiger partial charge in [-0.05, 0) is 42.1 Å². The Kier molecular flexibility index (Phi) is 7.48. The maximum atomic E-state index is 12.7. The number of amides is 2. The van der Waals surface area contributed by atoms with Gasteiger partial charge in [0.05, 0.1) is 23.6 Å². The summed E-state index contributed by atoms with van der Waals surface area (Å²) in [4.78, 5) is 32.1. The van der Waals surface area contributed by atoms with Crippen LogP contribution in [0.4, 0.5) is 0 Å². The summed E-state index contributed by atoms with van der Waals surface area (Å²) in [5.41, 5.74) is 9.04. The minimum atomic E-state index is -0.292. The molecule has 10 heteroatoms. The molecule has 3 aromatic heterocycles. The number of rotatable bonds is 11. The van der Waals surface area contributed by atoms with E-state index in [-0.39, 0.29) is 17.9 Å². The molecule has 0 bridgehead atoms. The molecule has 1 aromatic carbocycles. The molecule has 4 N–H and O–H groups in total. The van der Waals surface area contributed by atoms with Crippen LogP contribution < -0.4 is 11.1 Å². The fourth-order valence-corrected chi connectivity index (χ4v) is 4.21. The SMILES string of the molecule is Cn1ccc(-c2ccc(-c3cnc([C@H](CCCCCC(N)=O)NC(=O)c4ccns4)[nH]3)cc2)n1. The van der Waals surface area contributed by atoms with Crippen LogP contribution in [0, 0.1) is 0 Å². The molecule has 3 heterocycles. The van der Waals surface area contributed by atoms with Gasteiger partial charge >= 0.3 is 0 Å². The van der Waals surface area contributed by atoms with E-state index in [1.165, 1.54) is 0 Å². The zero-order valence-corrected chi connectivity index (χ0v) is 19.7. The smallest absolute Gasteiger partial charge is 0.263 e. The summed E-state index contributed by atoms with van der Waals surface area (Å²) >= 11 is 1.16. The summed E-state index contributed by atoms with van der Waals surface area (Å²) in [6.07, 6.45) is 8.78. The first kappa shape index (κ1) is 23.4. The number of nitrogens with zero attached hydrogens (tertiary/aromatic N) is 4. The highest BCUT2D eigenvalue weighted by atomic mass is 32.1. The molecular formula is C24H27N7O2S. The molecule has 0 aliphatic heterocycles. The van der Waals surface area contributed by atoms with Crippen LogP contribution in [0.15, 0.2) is 55.0 Å². The van der Waals surface area contributed by atoms with Crippen LogP contribution >= 0.6 is 11.5 Å². The number of aromatic nitrogens is 5. The predicted octanol–water partition coefficient (Wildman–Crippen LogP) is 3.84. The molecule has 0 aliphatic rings. The standard InChI is InChI=1S/C24H27N7O2S/c1-31-14-12-18(30-31)16-7-9-17(10-8-16)20-15-26-23(28-20)19(5-3-2-4-6-22(25)32)29-24(33)21-11-13-27-34-21/h7-15,19H,2-6H2,1H3,(H2,25,32)(H,26,28)(H,29,33)/t19-/m0/s1. The van der Waals surface area contributed by atoms with E-state index in [2.05, 4.69) is 24.8 Å². The molecule has 0 spiro atoms. The van der Waals surface area contributed by atoms with Crippen LogP contribution in [0.1, 0.15) is 53.6 Å². The highest BCUT2D eigenvalue weighted by molar-refractivity contribution is 7.08. The maximum Gasteiger partial charge on any atom is 0.263 e. The Balaban J connectivity index is 1.47. The van der Waals surface area contributed by atoms with Gasteiger partial charge in [0, 0.05) is 31.4 Å². The van der Waals surface area contributed by atoms with Gasteiger partial charge in [-0.25, -0.2) is 9.36 Å². The Bertz CT molecular complexity index is 1230. The molecule has 0 radical (unpaired) electrons. The van der Waals surface area contributed by atoms with Crippen molar-refractivity contribution in [3.63, 3.8) is 0 Å². The van der Waals surface area contributed by atoms with Crippen molar-refractivity contribution in [2.45, 2.75) is 38.1 Å². The lowest BCUT2D eigenvalue weighted by Crippen LogP contribution is -2.28. The number of H-pyrrole nitrogens is 1. The van der Waals surface area contributed by atoms with Gasteiger partial charge in [-0.2, -0.15) is 5.10 Å². The van der Waals surface area contributed by atoms with Crippen molar-refractivity contribution in [2.75, 3.05) is 0 Å². The number of aromatic amines is 1. The number of carbonyl (C=O) groups is 2. The number of benzene rings is 1. The van der Waals surface area contributed by atoms with Crippen LogP contribution in [0.2, 0.25) is 0 Å². The van der Waals surface area contributed by atoms with Crippen molar-refractivity contribution in [1.82, 2.24) is 29.4 Å². The van der Waals surface area contributed by atoms with Gasteiger partial charge in [0.1, 0.15) is 10.7 Å². The Morgan fingerprint density at radius 3 is 2.59 bits per heavy atom. The molecule has 0 unspecified atom stereocenters. The van der Waals surface area contributed by atoms with Crippen molar-refractivity contribution >= 4 is 23.3 Å². The third kappa shape index (κ3) is 5.96. The first-order valence-electron chi connectivity index (χ1n) is 11.1. The quantitative estimate of drug-likeness (QED) is 0.282. The first-order valence-corrected chi connectivity index (χ1v) is 11.9. The van der Waals surface area contributed by atoms with Crippen molar-refractivity contribution in [3.05, 3.63) is 65.7 Å². The average molecular weight is 478 g/mol. The largest absolute Gasteiger partial charge is 0.370 e. The van der Waals surface area contributed by atoms with Gasteiger partial charge < -0.3 is 16.0 Å². The first-order chi connectivity index (χ1) is 16.5. The molecule has 4 aromatic rings. The summed E-state index contributed by atoms with van der Waals surface area (Å²) in [5.74, 6) is 0.221. The lowest BCUT2D eigenvalue weighted by molar-refractivity contribution is -0.118. The highest BCUT2D eigenvalue weighted by Gasteiger charge is 2.20. The van der Waals surface area contributed by atoms with Gasteiger partial charge in [0.25, 0.3) is 5.91 Å². The lowest BCUT2D eigenvalue weighted by Gasteiger charge is -2.16. The van der Waals surface area contributed by atoms with Crippen LogP contribution in [0.5, 0.6) is 0 Å². The highest BCUT2D eigenvalue weighted by Crippen LogP contribution is 2.25. The maximum absolute atomic E-state index is 12.7. The Labute approximate surface area is 201 Å². The molecule has 0 fully saturated rings. The Morgan fingerprint density at radius 1 is 1.12 bits per heavy atom. The third-order valence-corrected chi connectivity index (χ3v) is 6.26. The van der Waals surface area contributed by atoms with E-state index in [9.17, 15) is 9.59 Å². The number of carbonyl (C=O) groups excluding carboxylic acids is 2. The van der Waals surface area contributed by atoms with Crippen molar-refractivity contribution < 1.29 is 9.59 Å². The van der Waals surface area contributed by atoms with Crippen LogP contribution in [0.25, 0.3) is 22.5 Å². The van der Waals surface area contributed by atoms with Crippen molar-refractivity contribution in [1.29, 1.82) is 0 Å². The van der Waals surface area contributed by atoms with Crippen LogP contribution in [0.3, 0.4) is 0 Å². The average Bonchev–Trinajstić information content (AvgIpc) is 3.60. The number of unbranched alkanes of at least 4 members (excludes halogenated alkanes) is 2. The van der Waals surface area contributed by atoms with E-state index in [0.717, 1.165) is 53.3 Å². The molecule has 0 saturated heterocycles. The molecule has 0 aliphatic carbocycles. The fourth-order valence-electron chi connectivity index (χ4n) is 3.71. The van der Waals surface area contributed by atoms with E-state index < -0.39 is 0 Å². The zero-order chi connectivity index (χ0) is 23.9. The number of hydrogen-bond acceptors (Lipinski definition) is 6. The van der Waals surface area contributed by atoms with Crippen LogP contribution in [-0.2, 0) is 11.8 Å². The minimum Gasteiger partial charge on any atom is -0.370 e. The second-order valence-electron chi connectivity index (χ2n) is 8.10. The number of imidazole rings is 1. The van der Waals surface area contributed by atoms with Crippen LogP contribution in [-0.4, -0.2) is 35.9 Å². The summed E-state index contributed by atoms with van der Waals surface area (Å²) in [6.45, 7) is 0. The van der Waals surface area contributed by atoms with E-state index >= 15 is 0 Å². The topological polar surface area (TPSA) is 132 Å². The molecule has 176 valence electrons. The molecule has 2 amide bonds. The lowest BCUT2D eigenvalue weighted by atomic mass is 10.1. The van der Waals surface area contributed by atoms with E-state index in [1.807, 2.05) is 43.6 Å². The van der Waals surface area contributed by atoms with E-state index in [1.54, 1.807) is 23.1 Å². The summed E-state index contributed by atoms with van der Waals surface area (Å²) < 4.78 is 5.78. The molecule has 9 nitrogen and oxygen atoms in total. The zero-order valence-electron chi connectivity index (χ0n) is 18.9. The normalized spacial score (nSPS) is 11.9. The van der Waals surface area contributed by atoms with E-state index in [4.69, 9.17) is 5.73 Å². The van der Waals surface area contributed by atoms with Gasteiger partial charge in [0.2, 0.25) is 5.91 Å². The van der Waals surface area contributed by atoms with Gasteiger partial charge in [-0.15, -0.1) is 0 Å². The number of nitrogens with one attached hydrogen (secondary N) is 2. The number of primary amides is 1. The summed E-state index contributed by atoms with van der Waals surface area (Å²) in [5, 5.41) is 7.51. The second kappa shape index (κ2) is 10.9. The number of hydrogen-bond donors (Lipinski definition) is 3.